The molecule has 2 aliphatic carbocycles. The summed E-state index contributed by atoms with van der Waals surface area (Å²) in [5, 5.41) is 0. The monoisotopic (exact) mass is 315 g/mol. The smallest absolute Gasteiger partial charge is 0.238 e. The predicted octanol–water partition coefficient (Wildman–Crippen LogP) is 3.67. The molecule has 118 valence electrons. The molecule has 2 bridgehead atoms. The summed E-state index contributed by atoms with van der Waals surface area (Å²) >= 11 is 0. The lowest BCUT2D eigenvalue weighted by atomic mass is 9.85. The first-order valence-corrected chi connectivity index (χ1v) is 8.46. The predicted molar refractivity (Wildman–Crippen MR) is 92.1 cm³/mol. The number of carbonyl (C=O) groups is 2. The summed E-state index contributed by atoms with van der Waals surface area (Å²) in [7, 11) is 0. The van der Waals surface area contributed by atoms with Gasteiger partial charge in [0.05, 0.1) is 17.5 Å². The molecule has 3 nitrogen and oxygen atoms in total. The molecule has 4 atom stereocenters. The second kappa shape index (κ2) is 4.91. The molecular formula is C21H17NO2. The van der Waals surface area contributed by atoms with Crippen LogP contribution in [-0.4, -0.2) is 11.8 Å². The number of hydrogen-bond donors (Lipinski definition) is 0. The number of carbonyl (C=O) groups excluding carboxylic acids is 2. The van der Waals surface area contributed by atoms with Crippen molar-refractivity contribution in [2.45, 2.75) is 6.42 Å². The molecule has 1 saturated heterocycles. The van der Waals surface area contributed by atoms with Gasteiger partial charge in [0.25, 0.3) is 0 Å². The molecule has 2 aromatic carbocycles. The highest BCUT2D eigenvalue weighted by Crippen LogP contribution is 2.53. The van der Waals surface area contributed by atoms with E-state index in [9.17, 15) is 9.59 Å². The quantitative estimate of drug-likeness (QED) is 0.626. The van der Waals surface area contributed by atoms with Crippen molar-refractivity contribution in [3.63, 3.8) is 0 Å². The second-order valence-corrected chi connectivity index (χ2v) is 6.89. The van der Waals surface area contributed by atoms with Crippen LogP contribution in [0.5, 0.6) is 0 Å². The Balaban J connectivity index is 1.61. The van der Waals surface area contributed by atoms with E-state index in [4.69, 9.17) is 0 Å². The lowest BCUT2D eigenvalue weighted by molar-refractivity contribution is -0.123. The van der Waals surface area contributed by atoms with Crippen molar-refractivity contribution in [3.05, 3.63) is 66.7 Å². The van der Waals surface area contributed by atoms with Crippen molar-refractivity contribution in [1.29, 1.82) is 0 Å². The van der Waals surface area contributed by atoms with Gasteiger partial charge in [-0.3, -0.25) is 9.59 Å². The molecular weight excluding hydrogens is 298 g/mol. The fraction of sp³-hybridized carbons (Fsp3) is 0.238. The van der Waals surface area contributed by atoms with Gasteiger partial charge in [-0.15, -0.1) is 0 Å². The molecule has 0 spiro atoms. The van der Waals surface area contributed by atoms with Gasteiger partial charge < -0.3 is 0 Å². The summed E-state index contributed by atoms with van der Waals surface area (Å²) < 4.78 is 0. The zero-order valence-electron chi connectivity index (χ0n) is 13.1. The highest BCUT2D eigenvalue weighted by atomic mass is 16.2. The first-order chi connectivity index (χ1) is 11.8. The third-order valence-corrected chi connectivity index (χ3v) is 5.70. The van der Waals surface area contributed by atoms with Gasteiger partial charge in [-0.1, -0.05) is 60.7 Å². The van der Waals surface area contributed by atoms with Gasteiger partial charge >= 0.3 is 0 Å². The van der Waals surface area contributed by atoms with Crippen LogP contribution in [0.4, 0.5) is 5.69 Å². The normalized spacial score (nSPS) is 30.2. The van der Waals surface area contributed by atoms with E-state index in [2.05, 4.69) is 12.2 Å². The second-order valence-electron chi connectivity index (χ2n) is 6.89. The number of imide groups is 1. The minimum Gasteiger partial charge on any atom is -0.274 e. The number of hydrogen-bond acceptors (Lipinski definition) is 2. The van der Waals surface area contributed by atoms with Crippen molar-refractivity contribution < 1.29 is 9.59 Å². The average Bonchev–Trinajstić information content (AvgIpc) is 3.30. The largest absolute Gasteiger partial charge is 0.274 e. The molecule has 0 unspecified atom stereocenters. The van der Waals surface area contributed by atoms with Crippen LogP contribution in [0.15, 0.2) is 66.7 Å². The summed E-state index contributed by atoms with van der Waals surface area (Å²) in [5.74, 6) is 0.124. The topological polar surface area (TPSA) is 37.4 Å². The average molecular weight is 315 g/mol. The Morgan fingerprint density at radius 3 is 2.00 bits per heavy atom. The fourth-order valence-electron chi connectivity index (χ4n) is 4.67. The van der Waals surface area contributed by atoms with Crippen LogP contribution in [0.3, 0.4) is 0 Å². The van der Waals surface area contributed by atoms with E-state index in [-0.39, 0.29) is 35.5 Å². The lowest BCUT2D eigenvalue weighted by Gasteiger charge is -2.20. The van der Waals surface area contributed by atoms with Crippen molar-refractivity contribution in [3.8, 4) is 11.1 Å². The number of amides is 2. The van der Waals surface area contributed by atoms with Gasteiger partial charge in [-0.25, -0.2) is 4.90 Å². The van der Waals surface area contributed by atoms with E-state index >= 15 is 0 Å². The molecule has 1 heterocycles. The first-order valence-electron chi connectivity index (χ1n) is 8.46. The van der Waals surface area contributed by atoms with E-state index in [1.165, 1.54) is 4.90 Å². The van der Waals surface area contributed by atoms with E-state index in [1.54, 1.807) is 0 Å². The van der Waals surface area contributed by atoms with Crippen LogP contribution in [0, 0.1) is 23.7 Å². The minimum atomic E-state index is -0.156. The van der Waals surface area contributed by atoms with Crippen molar-refractivity contribution in [1.82, 2.24) is 0 Å². The standard InChI is InChI=1S/C21H17NO2/c23-20-18-14-10-11-15(12-14)19(18)21(24)22(20)17-9-5-4-8-16(17)13-6-2-1-3-7-13/h1-11,14-15,18-19H,12H2/t14-,15-,18+,19+/m1/s1. The third-order valence-electron chi connectivity index (χ3n) is 5.70. The molecule has 3 heteroatoms. The first kappa shape index (κ1) is 13.7. The molecule has 1 aliphatic heterocycles. The van der Waals surface area contributed by atoms with Crippen LogP contribution in [-0.2, 0) is 9.59 Å². The number of nitrogens with zero attached hydrogens (tertiary/aromatic N) is 1. The zero-order chi connectivity index (χ0) is 16.3. The maximum absolute atomic E-state index is 13.0. The summed E-state index contributed by atoms with van der Waals surface area (Å²) in [4.78, 5) is 27.5. The van der Waals surface area contributed by atoms with Gasteiger partial charge in [0.2, 0.25) is 11.8 Å². The van der Waals surface area contributed by atoms with Crippen LogP contribution in [0.1, 0.15) is 6.42 Å². The Bertz CT molecular complexity index is 840. The Morgan fingerprint density at radius 2 is 1.33 bits per heavy atom. The summed E-state index contributed by atoms with van der Waals surface area (Å²) in [5.41, 5.74) is 2.67. The Morgan fingerprint density at radius 1 is 0.750 bits per heavy atom. The van der Waals surface area contributed by atoms with Gasteiger partial charge in [0.1, 0.15) is 0 Å². The van der Waals surface area contributed by atoms with Gasteiger partial charge in [0.15, 0.2) is 0 Å². The molecule has 5 rings (SSSR count). The molecule has 0 aromatic heterocycles. The van der Waals surface area contributed by atoms with E-state index in [0.29, 0.717) is 5.69 Å². The van der Waals surface area contributed by atoms with Gasteiger partial charge in [-0.2, -0.15) is 0 Å². The highest BCUT2D eigenvalue weighted by Gasteiger charge is 2.59. The summed E-state index contributed by atoms with van der Waals surface area (Å²) in [6.07, 6.45) is 5.22. The maximum Gasteiger partial charge on any atom is 0.238 e. The van der Waals surface area contributed by atoms with Gasteiger partial charge in [-0.05, 0) is 29.9 Å². The number of para-hydroxylation sites is 1. The molecule has 0 N–H and O–H groups in total. The lowest BCUT2D eigenvalue weighted by Crippen LogP contribution is -2.33. The number of benzene rings is 2. The SMILES string of the molecule is O=C1[C@@H]2[C@@H](C(=O)N1c1ccccc1-c1ccccc1)[C@@H]1C=C[C@@H]2C1. The number of anilines is 1. The van der Waals surface area contributed by atoms with Crippen LogP contribution < -0.4 is 4.90 Å². The number of allylic oxidation sites excluding steroid dienone is 2. The van der Waals surface area contributed by atoms with Crippen LogP contribution >= 0.6 is 0 Å². The molecule has 2 aromatic rings. The van der Waals surface area contributed by atoms with E-state index in [0.717, 1.165) is 17.5 Å². The molecule has 24 heavy (non-hydrogen) atoms. The summed E-state index contributed by atoms with van der Waals surface area (Å²) in [6, 6.07) is 17.6. The summed E-state index contributed by atoms with van der Waals surface area (Å²) in [6.45, 7) is 0. The van der Waals surface area contributed by atoms with Crippen LogP contribution in [0.25, 0.3) is 11.1 Å². The minimum absolute atomic E-state index is 0.0229. The zero-order valence-corrected chi connectivity index (χ0v) is 13.1. The maximum atomic E-state index is 13.0. The van der Waals surface area contributed by atoms with Crippen molar-refractivity contribution >= 4 is 17.5 Å². The Labute approximate surface area is 140 Å². The van der Waals surface area contributed by atoms with Crippen molar-refractivity contribution in [2.24, 2.45) is 23.7 Å². The third kappa shape index (κ3) is 1.72. The van der Waals surface area contributed by atoms with Crippen molar-refractivity contribution in [2.75, 3.05) is 4.90 Å². The molecule has 3 aliphatic rings. The number of rotatable bonds is 2. The fourth-order valence-corrected chi connectivity index (χ4v) is 4.67. The highest BCUT2D eigenvalue weighted by molar-refractivity contribution is 6.24. The van der Waals surface area contributed by atoms with Gasteiger partial charge in [0, 0.05) is 5.56 Å². The van der Waals surface area contributed by atoms with E-state index in [1.807, 2.05) is 54.6 Å². The van der Waals surface area contributed by atoms with E-state index < -0.39 is 0 Å². The molecule has 1 saturated carbocycles. The molecule has 2 amide bonds. The number of fused-ring (bicyclic) bond motifs is 5. The Kier molecular flexibility index (Phi) is 2.81. The molecule has 2 fully saturated rings. The van der Waals surface area contributed by atoms with Crippen LogP contribution in [0.2, 0.25) is 0 Å². The Hall–Kier alpha value is -2.68. The molecule has 0 radical (unpaired) electrons.